The Morgan fingerprint density at radius 3 is 2.79 bits per heavy atom. The van der Waals surface area contributed by atoms with Gasteiger partial charge in [0.2, 0.25) is 0 Å². The molecule has 0 aromatic heterocycles. The van der Waals surface area contributed by atoms with E-state index in [4.69, 9.17) is 4.74 Å². The Balaban J connectivity index is 1.51. The summed E-state index contributed by atoms with van der Waals surface area (Å²) in [4.78, 5) is 17.4. The van der Waals surface area contributed by atoms with Gasteiger partial charge in [-0.2, -0.15) is 0 Å². The van der Waals surface area contributed by atoms with Crippen molar-refractivity contribution in [3.05, 3.63) is 63.2 Å². The molecule has 154 valence electrons. The molecule has 0 spiro atoms. The lowest BCUT2D eigenvalue weighted by molar-refractivity contribution is -0.140. The van der Waals surface area contributed by atoms with Crippen molar-refractivity contribution in [2.45, 2.75) is 37.5 Å². The number of likely N-dealkylation sites (N-methyl/N-ethyl adjacent to an activating group) is 1. The van der Waals surface area contributed by atoms with Crippen LogP contribution in [-0.4, -0.2) is 59.7 Å². The average Bonchev–Trinajstić information content (AvgIpc) is 3.16. The van der Waals surface area contributed by atoms with Crippen molar-refractivity contribution < 1.29 is 14.6 Å². The Hall–Kier alpha value is -1.64. The maximum Gasteiger partial charge on any atom is 0.263 e. The lowest BCUT2D eigenvalue weighted by atomic mass is 10.00. The minimum absolute atomic E-state index is 0.0165. The molecule has 2 aromatic rings. The second-order valence-electron chi connectivity index (χ2n) is 7.97. The third-order valence-electron chi connectivity index (χ3n) is 5.92. The number of carbonyl (C=O) groups excluding carboxylic acids is 1. The fourth-order valence-corrected chi connectivity index (χ4v) is 4.82. The van der Waals surface area contributed by atoms with Gasteiger partial charge in [-0.05, 0) is 71.2 Å². The number of benzene rings is 2. The zero-order valence-electron chi connectivity index (χ0n) is 16.6. The highest BCUT2D eigenvalue weighted by atomic mass is 127. The van der Waals surface area contributed by atoms with E-state index in [1.54, 1.807) is 0 Å². The lowest BCUT2D eigenvalue weighted by Crippen LogP contribution is -2.46. The Bertz CT molecular complexity index is 860. The van der Waals surface area contributed by atoms with Crippen LogP contribution in [0.2, 0.25) is 0 Å². The first kappa shape index (κ1) is 20.6. The van der Waals surface area contributed by atoms with Gasteiger partial charge in [-0.3, -0.25) is 9.69 Å². The van der Waals surface area contributed by atoms with Gasteiger partial charge in [0, 0.05) is 30.3 Å². The van der Waals surface area contributed by atoms with Gasteiger partial charge in [0.1, 0.15) is 5.75 Å². The summed E-state index contributed by atoms with van der Waals surface area (Å²) in [6.07, 6.45) is 1.61. The van der Waals surface area contributed by atoms with Crippen LogP contribution in [0.5, 0.6) is 5.75 Å². The van der Waals surface area contributed by atoms with Gasteiger partial charge >= 0.3 is 0 Å². The molecule has 1 saturated heterocycles. The number of rotatable bonds is 5. The molecular weight excluding hydrogens is 479 g/mol. The van der Waals surface area contributed by atoms with Gasteiger partial charge in [-0.25, -0.2) is 0 Å². The number of aliphatic hydroxyl groups excluding tert-OH is 1. The van der Waals surface area contributed by atoms with E-state index < -0.39 is 6.10 Å². The van der Waals surface area contributed by atoms with Crippen LogP contribution in [0, 0.1) is 3.57 Å². The molecule has 1 N–H and O–H groups in total. The number of likely N-dealkylation sites (tertiary alicyclic amines) is 1. The van der Waals surface area contributed by atoms with E-state index in [9.17, 15) is 9.90 Å². The fraction of sp³-hybridized carbons (Fsp3) is 0.435. The SMILES string of the molecule is CN(C(=O)C1CCc2cc(I)ccc2O1)[C@H](CN1CC[C@H](O)C1)c1ccccc1. The predicted molar refractivity (Wildman–Crippen MR) is 121 cm³/mol. The van der Waals surface area contributed by atoms with E-state index >= 15 is 0 Å². The summed E-state index contributed by atoms with van der Waals surface area (Å²) in [5.41, 5.74) is 2.28. The molecule has 5 nitrogen and oxygen atoms in total. The smallest absolute Gasteiger partial charge is 0.263 e. The Kier molecular flexibility index (Phi) is 6.41. The molecular formula is C23H27IN2O3. The van der Waals surface area contributed by atoms with Crippen LogP contribution in [0.1, 0.15) is 30.0 Å². The number of aryl methyl sites for hydroxylation is 1. The Morgan fingerprint density at radius 2 is 2.07 bits per heavy atom. The van der Waals surface area contributed by atoms with E-state index in [1.807, 2.05) is 42.3 Å². The number of hydrogen-bond acceptors (Lipinski definition) is 4. The highest BCUT2D eigenvalue weighted by Gasteiger charge is 2.34. The highest BCUT2D eigenvalue weighted by Crippen LogP contribution is 2.31. The predicted octanol–water partition coefficient (Wildman–Crippen LogP) is 3.25. The molecule has 0 saturated carbocycles. The number of β-amino-alcohol motifs (C(OH)–C–C–N with tert-alkyl or cyclic N) is 1. The van der Waals surface area contributed by atoms with E-state index in [0.717, 1.165) is 30.7 Å². The molecule has 4 rings (SSSR count). The molecule has 0 radical (unpaired) electrons. The molecule has 29 heavy (non-hydrogen) atoms. The molecule has 1 amide bonds. The van der Waals surface area contributed by atoms with Gasteiger partial charge in [0.25, 0.3) is 5.91 Å². The summed E-state index contributed by atoms with van der Waals surface area (Å²) in [5, 5.41) is 9.90. The van der Waals surface area contributed by atoms with E-state index in [2.05, 4.69) is 45.7 Å². The van der Waals surface area contributed by atoms with E-state index in [-0.39, 0.29) is 18.1 Å². The number of aliphatic hydroxyl groups is 1. The third-order valence-corrected chi connectivity index (χ3v) is 6.59. The van der Waals surface area contributed by atoms with E-state index in [0.29, 0.717) is 19.5 Å². The summed E-state index contributed by atoms with van der Waals surface area (Å²) in [5.74, 6) is 0.838. The zero-order chi connectivity index (χ0) is 20.4. The van der Waals surface area contributed by atoms with Crippen molar-refractivity contribution in [3.63, 3.8) is 0 Å². The first-order valence-electron chi connectivity index (χ1n) is 10.2. The van der Waals surface area contributed by atoms with E-state index in [1.165, 1.54) is 9.13 Å². The molecule has 0 aliphatic carbocycles. The monoisotopic (exact) mass is 506 g/mol. The zero-order valence-corrected chi connectivity index (χ0v) is 18.8. The van der Waals surface area contributed by atoms with Crippen molar-refractivity contribution in [3.8, 4) is 5.75 Å². The molecule has 1 fully saturated rings. The van der Waals surface area contributed by atoms with Crippen molar-refractivity contribution >= 4 is 28.5 Å². The minimum Gasteiger partial charge on any atom is -0.480 e. The number of amides is 1. The standard InChI is InChI=1S/C23H27IN2O3/c1-25(23(28)22-9-7-17-13-18(24)8-10-21(17)29-22)20(16-5-3-2-4-6-16)15-26-12-11-19(27)14-26/h2-6,8,10,13,19-20,22,27H,7,9,11-12,14-15H2,1H3/t19-,20+,22?/m0/s1. The van der Waals surface area contributed by atoms with Crippen molar-refractivity contribution in [1.29, 1.82) is 0 Å². The topological polar surface area (TPSA) is 53.0 Å². The fourth-order valence-electron chi connectivity index (χ4n) is 4.26. The van der Waals surface area contributed by atoms with Crippen LogP contribution in [0.15, 0.2) is 48.5 Å². The number of nitrogens with zero attached hydrogens (tertiary/aromatic N) is 2. The van der Waals surface area contributed by atoms with Gasteiger partial charge in [0.15, 0.2) is 6.10 Å². The summed E-state index contributed by atoms with van der Waals surface area (Å²) in [6.45, 7) is 2.24. The summed E-state index contributed by atoms with van der Waals surface area (Å²) < 4.78 is 7.28. The molecule has 2 aliphatic rings. The molecule has 3 atom stereocenters. The number of halogens is 1. The third kappa shape index (κ3) is 4.75. The second kappa shape index (κ2) is 9.02. The maximum absolute atomic E-state index is 13.4. The van der Waals surface area contributed by atoms with Gasteiger partial charge < -0.3 is 14.7 Å². The van der Waals surface area contributed by atoms with Gasteiger partial charge in [-0.15, -0.1) is 0 Å². The van der Waals surface area contributed by atoms with Crippen LogP contribution in [0.3, 0.4) is 0 Å². The minimum atomic E-state index is -0.456. The normalized spacial score (nSPS) is 22.6. The van der Waals surface area contributed by atoms with Crippen LogP contribution < -0.4 is 4.74 Å². The van der Waals surface area contributed by atoms with Crippen LogP contribution in [0.4, 0.5) is 0 Å². The van der Waals surface area contributed by atoms with Crippen molar-refractivity contribution in [2.24, 2.45) is 0 Å². The summed E-state index contributed by atoms with van der Waals surface area (Å²) in [6, 6.07) is 16.2. The second-order valence-corrected chi connectivity index (χ2v) is 9.22. The van der Waals surface area contributed by atoms with Crippen LogP contribution in [-0.2, 0) is 11.2 Å². The maximum atomic E-state index is 13.4. The van der Waals surface area contributed by atoms with Crippen LogP contribution >= 0.6 is 22.6 Å². The average molecular weight is 506 g/mol. The van der Waals surface area contributed by atoms with Gasteiger partial charge in [0.05, 0.1) is 12.1 Å². The quantitative estimate of drug-likeness (QED) is 0.633. The molecule has 2 aromatic carbocycles. The summed E-state index contributed by atoms with van der Waals surface area (Å²) in [7, 11) is 1.87. The van der Waals surface area contributed by atoms with Gasteiger partial charge in [-0.1, -0.05) is 30.3 Å². The number of hydrogen-bond donors (Lipinski definition) is 1. The molecule has 1 unspecified atom stereocenters. The van der Waals surface area contributed by atoms with Crippen LogP contribution in [0.25, 0.3) is 0 Å². The largest absolute Gasteiger partial charge is 0.480 e. The molecule has 6 heteroatoms. The van der Waals surface area contributed by atoms with Crippen molar-refractivity contribution in [2.75, 3.05) is 26.7 Å². The number of ether oxygens (including phenoxy) is 1. The molecule has 2 heterocycles. The first-order valence-corrected chi connectivity index (χ1v) is 11.3. The summed E-state index contributed by atoms with van der Waals surface area (Å²) >= 11 is 2.30. The van der Waals surface area contributed by atoms with Crippen molar-refractivity contribution in [1.82, 2.24) is 9.80 Å². The first-order chi connectivity index (χ1) is 14.0. The number of carbonyl (C=O) groups is 1. The lowest BCUT2D eigenvalue weighted by Gasteiger charge is -2.35. The Labute approximate surface area is 185 Å². The molecule has 0 bridgehead atoms. The Morgan fingerprint density at radius 1 is 1.28 bits per heavy atom. The number of fused-ring (bicyclic) bond motifs is 1. The molecule has 2 aliphatic heterocycles. The highest BCUT2D eigenvalue weighted by molar-refractivity contribution is 14.1.